The Hall–Kier alpha value is 1.03. The zero-order valence-corrected chi connectivity index (χ0v) is 10.4. The average Bonchev–Trinajstić information content (AvgIpc) is 2.22. The Labute approximate surface area is 117 Å². The van der Waals surface area contributed by atoms with Gasteiger partial charge in [-0.15, -0.1) is 19.6 Å². The number of hydrogen-bond acceptors (Lipinski definition) is 2. The van der Waals surface area contributed by atoms with Gasteiger partial charge in [0.25, 0.3) is 0 Å². The fourth-order valence-electron chi connectivity index (χ4n) is 1.24. The van der Waals surface area contributed by atoms with Gasteiger partial charge in [-0.3, -0.25) is 0 Å². The largest absolute Gasteiger partial charge is 1.00 e. The molecule has 2 aliphatic rings. The molecule has 15 heavy (non-hydrogen) atoms. The van der Waals surface area contributed by atoms with Gasteiger partial charge in [0, 0.05) is 13.2 Å². The average molecular weight is 199 g/mol. The molecule has 6 heteroatoms. The van der Waals surface area contributed by atoms with E-state index < -0.39 is 0 Å². The van der Waals surface area contributed by atoms with Gasteiger partial charge < -0.3 is 20.3 Å². The monoisotopic (exact) mass is 199 g/mol. The molecule has 0 aromatic heterocycles. The van der Waals surface area contributed by atoms with Gasteiger partial charge in [-0.2, -0.15) is 0 Å². The van der Waals surface area contributed by atoms with Crippen LogP contribution in [0, 0.1) is 0 Å². The maximum absolute atomic E-state index is 4.98. The van der Waals surface area contributed by atoms with E-state index in [2.05, 4.69) is 22.6 Å². The van der Waals surface area contributed by atoms with E-state index >= 15 is 0 Å². The van der Waals surface area contributed by atoms with Crippen LogP contribution in [-0.4, -0.2) is 58.0 Å². The van der Waals surface area contributed by atoms with Crippen molar-refractivity contribution in [1.29, 1.82) is 0 Å². The minimum atomic E-state index is 0. The molecular formula is C9H19Li2N3O. The van der Waals surface area contributed by atoms with Crippen LogP contribution >= 0.6 is 0 Å². The van der Waals surface area contributed by atoms with Crippen LogP contribution in [0.1, 0.15) is 6.42 Å². The van der Waals surface area contributed by atoms with Crippen LogP contribution < -0.4 is 37.7 Å². The Bertz CT molecular complexity index is 108. The van der Waals surface area contributed by atoms with Gasteiger partial charge in [0.15, 0.2) is 0 Å². The Kier molecular flexibility index (Phi) is 16.1. The summed E-state index contributed by atoms with van der Waals surface area (Å²) >= 11 is 0. The molecule has 0 N–H and O–H groups in total. The second-order valence-corrected chi connectivity index (χ2v) is 3.31. The van der Waals surface area contributed by atoms with Crippen molar-refractivity contribution in [3.05, 3.63) is 10.6 Å². The van der Waals surface area contributed by atoms with E-state index in [0.29, 0.717) is 0 Å². The zero-order chi connectivity index (χ0) is 9.36. The summed E-state index contributed by atoms with van der Waals surface area (Å²) in [6, 6.07) is 0. The van der Waals surface area contributed by atoms with Crippen molar-refractivity contribution in [3.8, 4) is 0 Å². The first-order valence-electron chi connectivity index (χ1n) is 4.92. The molecule has 0 unspecified atom stereocenters. The van der Waals surface area contributed by atoms with Crippen molar-refractivity contribution in [2.75, 3.05) is 53.1 Å². The van der Waals surface area contributed by atoms with Crippen molar-refractivity contribution < 1.29 is 42.5 Å². The molecule has 0 aromatic rings. The summed E-state index contributed by atoms with van der Waals surface area (Å²) in [4.78, 5) is 2.23. The van der Waals surface area contributed by atoms with Crippen LogP contribution in [0.4, 0.5) is 0 Å². The van der Waals surface area contributed by atoms with E-state index in [-0.39, 0.29) is 37.7 Å². The summed E-state index contributed by atoms with van der Waals surface area (Å²) < 4.78 is 4.98. The first kappa shape index (κ1) is 18.4. The summed E-state index contributed by atoms with van der Waals surface area (Å²) in [6.45, 7) is 6.72. The number of hydrogen-bond donors (Lipinski definition) is 0. The topological polar surface area (TPSA) is 40.7 Å². The molecule has 0 aromatic carbocycles. The fourth-order valence-corrected chi connectivity index (χ4v) is 1.24. The Balaban J connectivity index is 0. The van der Waals surface area contributed by atoms with E-state index in [0.717, 1.165) is 39.5 Å². The van der Waals surface area contributed by atoms with E-state index in [4.69, 9.17) is 4.74 Å². The molecule has 2 rings (SSSR count). The molecule has 0 aliphatic carbocycles. The van der Waals surface area contributed by atoms with Gasteiger partial charge in [-0.1, -0.05) is 13.1 Å². The van der Waals surface area contributed by atoms with Crippen molar-refractivity contribution in [1.82, 2.24) is 4.90 Å². The van der Waals surface area contributed by atoms with Gasteiger partial charge >= 0.3 is 37.7 Å². The van der Waals surface area contributed by atoms with Crippen molar-refractivity contribution in [3.63, 3.8) is 0 Å². The second-order valence-electron chi connectivity index (χ2n) is 3.31. The molecule has 0 spiro atoms. The van der Waals surface area contributed by atoms with Crippen LogP contribution in [0.25, 0.3) is 10.6 Å². The van der Waals surface area contributed by atoms with Gasteiger partial charge in [0.1, 0.15) is 0 Å². The predicted octanol–water partition coefficient (Wildman–Crippen LogP) is -4.95. The molecule has 2 heterocycles. The molecule has 0 amide bonds. The molecule has 2 saturated heterocycles. The predicted molar refractivity (Wildman–Crippen MR) is 54.3 cm³/mol. The van der Waals surface area contributed by atoms with Crippen LogP contribution in [0.2, 0.25) is 0 Å². The Morgan fingerprint density at radius 2 is 1.67 bits per heavy atom. The number of rotatable bonds is 0. The molecule has 0 bridgehead atoms. The number of nitrogens with zero attached hydrogens (tertiary/aromatic N) is 3. The Morgan fingerprint density at radius 3 is 1.87 bits per heavy atom. The quantitative estimate of drug-likeness (QED) is 0.367. The maximum atomic E-state index is 4.98. The smallest absolute Gasteiger partial charge is 0.659 e. The minimum absolute atomic E-state index is 0. The third-order valence-electron chi connectivity index (χ3n) is 1.98. The standard InChI is InChI=1S/C5H11N2.C4H8NO.2Li/c1-7-4-2-3-6-5-7;1-3-6-4-2-5-1;;/h2-5H2,1H3;1-4H2;;/q2*-1;2*+1. The summed E-state index contributed by atoms with van der Waals surface area (Å²) in [5.41, 5.74) is 0. The normalized spacial score (nSPS) is 21.4. The first-order valence-corrected chi connectivity index (χ1v) is 4.92. The van der Waals surface area contributed by atoms with Crippen LogP contribution in [-0.2, 0) is 4.74 Å². The molecule has 0 atom stereocenters. The maximum Gasteiger partial charge on any atom is 1.00 e. The molecule has 0 radical (unpaired) electrons. The van der Waals surface area contributed by atoms with Gasteiger partial charge in [0.05, 0.1) is 0 Å². The summed E-state index contributed by atoms with van der Waals surface area (Å²) in [5, 5.41) is 8.24. The van der Waals surface area contributed by atoms with Crippen molar-refractivity contribution in [2.24, 2.45) is 0 Å². The molecule has 0 saturated carbocycles. The first-order chi connectivity index (χ1) is 6.39. The fraction of sp³-hybridized carbons (Fsp3) is 1.00. The second kappa shape index (κ2) is 13.1. The third-order valence-corrected chi connectivity index (χ3v) is 1.98. The summed E-state index contributed by atoms with van der Waals surface area (Å²) in [6.07, 6.45) is 1.25. The zero-order valence-electron chi connectivity index (χ0n) is 10.4. The molecule has 78 valence electrons. The molecule has 2 aliphatic heterocycles. The van der Waals surface area contributed by atoms with Gasteiger partial charge in [0.2, 0.25) is 0 Å². The minimum Gasteiger partial charge on any atom is -0.659 e. The molecular weight excluding hydrogens is 180 g/mol. The van der Waals surface area contributed by atoms with E-state index in [1.54, 1.807) is 0 Å². The van der Waals surface area contributed by atoms with Gasteiger partial charge in [-0.25, -0.2) is 0 Å². The van der Waals surface area contributed by atoms with Crippen LogP contribution in [0.3, 0.4) is 0 Å². The molecule has 4 nitrogen and oxygen atoms in total. The number of ether oxygens (including phenoxy) is 1. The van der Waals surface area contributed by atoms with Crippen LogP contribution in [0.15, 0.2) is 0 Å². The Morgan fingerprint density at radius 1 is 1.00 bits per heavy atom. The van der Waals surface area contributed by atoms with E-state index in [1.165, 1.54) is 13.0 Å². The van der Waals surface area contributed by atoms with Gasteiger partial charge in [-0.05, 0) is 13.6 Å². The van der Waals surface area contributed by atoms with E-state index in [1.807, 2.05) is 0 Å². The van der Waals surface area contributed by atoms with Crippen molar-refractivity contribution in [2.45, 2.75) is 6.42 Å². The summed E-state index contributed by atoms with van der Waals surface area (Å²) in [5.74, 6) is 0. The van der Waals surface area contributed by atoms with Crippen LogP contribution in [0.5, 0.6) is 0 Å². The number of morpholine rings is 1. The molecule has 2 fully saturated rings. The van der Waals surface area contributed by atoms with Crippen molar-refractivity contribution >= 4 is 0 Å². The SMILES string of the molecule is C1COCC[N-]1.CN1CCC[N-]C1.[Li+].[Li+]. The third kappa shape index (κ3) is 11.3. The van der Waals surface area contributed by atoms with E-state index in [9.17, 15) is 0 Å². The summed E-state index contributed by atoms with van der Waals surface area (Å²) in [7, 11) is 2.10.